The summed E-state index contributed by atoms with van der Waals surface area (Å²) in [6.07, 6.45) is 3.00. The van der Waals surface area contributed by atoms with Crippen molar-refractivity contribution in [1.29, 1.82) is 0 Å². The van der Waals surface area contributed by atoms with Crippen LogP contribution in [0.4, 0.5) is 0 Å². The molecule has 1 unspecified atom stereocenters. The van der Waals surface area contributed by atoms with Crippen LogP contribution in [0.15, 0.2) is 0 Å². The lowest BCUT2D eigenvalue weighted by atomic mass is 10.1. The standard InChI is InChI=1S/C12H19N3/c1-4-9-11-8(13)5-6-10(11)15-12(14-9)7(2)3/h7-8H,4-6,13H2,1-3H3. The van der Waals surface area contributed by atoms with Gasteiger partial charge >= 0.3 is 0 Å². The maximum Gasteiger partial charge on any atom is 0.131 e. The first-order valence-electron chi connectivity index (χ1n) is 5.78. The number of rotatable bonds is 2. The van der Waals surface area contributed by atoms with Gasteiger partial charge in [-0.3, -0.25) is 0 Å². The van der Waals surface area contributed by atoms with Crippen LogP contribution < -0.4 is 5.73 Å². The van der Waals surface area contributed by atoms with Gasteiger partial charge in [-0.1, -0.05) is 20.8 Å². The second kappa shape index (κ2) is 3.89. The fourth-order valence-electron chi connectivity index (χ4n) is 2.17. The van der Waals surface area contributed by atoms with E-state index >= 15 is 0 Å². The van der Waals surface area contributed by atoms with Gasteiger partial charge in [-0.15, -0.1) is 0 Å². The Balaban J connectivity index is 2.53. The molecular weight excluding hydrogens is 186 g/mol. The molecule has 3 nitrogen and oxygen atoms in total. The Morgan fingerprint density at radius 3 is 2.73 bits per heavy atom. The second-order valence-electron chi connectivity index (χ2n) is 4.54. The van der Waals surface area contributed by atoms with Crippen molar-refractivity contribution in [2.24, 2.45) is 5.73 Å². The molecule has 0 bridgehead atoms. The summed E-state index contributed by atoms with van der Waals surface area (Å²) >= 11 is 0. The molecular formula is C12H19N3. The minimum absolute atomic E-state index is 0.163. The van der Waals surface area contributed by atoms with E-state index in [1.807, 2.05) is 0 Å². The van der Waals surface area contributed by atoms with Crippen molar-refractivity contribution in [1.82, 2.24) is 9.97 Å². The highest BCUT2D eigenvalue weighted by atomic mass is 14.9. The Bertz CT molecular complexity index is 371. The van der Waals surface area contributed by atoms with E-state index in [1.165, 1.54) is 11.3 Å². The van der Waals surface area contributed by atoms with Crippen molar-refractivity contribution in [3.8, 4) is 0 Å². The van der Waals surface area contributed by atoms with Gasteiger partial charge in [0.2, 0.25) is 0 Å². The molecule has 1 atom stereocenters. The lowest BCUT2D eigenvalue weighted by molar-refractivity contribution is 0.700. The third-order valence-corrected chi connectivity index (χ3v) is 3.04. The molecule has 0 amide bonds. The normalized spacial score (nSPS) is 19.7. The molecule has 0 aromatic carbocycles. The van der Waals surface area contributed by atoms with Crippen molar-refractivity contribution in [3.63, 3.8) is 0 Å². The smallest absolute Gasteiger partial charge is 0.131 e. The highest BCUT2D eigenvalue weighted by Crippen LogP contribution is 2.31. The van der Waals surface area contributed by atoms with E-state index in [9.17, 15) is 0 Å². The number of aromatic nitrogens is 2. The lowest BCUT2D eigenvalue weighted by Gasteiger charge is -2.12. The zero-order chi connectivity index (χ0) is 11.0. The van der Waals surface area contributed by atoms with Crippen LogP contribution in [0.5, 0.6) is 0 Å². The van der Waals surface area contributed by atoms with Gasteiger partial charge in [0.1, 0.15) is 5.82 Å². The second-order valence-corrected chi connectivity index (χ2v) is 4.54. The van der Waals surface area contributed by atoms with Crippen LogP contribution in [0.2, 0.25) is 0 Å². The summed E-state index contributed by atoms with van der Waals surface area (Å²) in [7, 11) is 0. The largest absolute Gasteiger partial charge is 0.324 e. The minimum Gasteiger partial charge on any atom is -0.324 e. The van der Waals surface area contributed by atoms with Gasteiger partial charge in [0, 0.05) is 28.9 Å². The fourth-order valence-corrected chi connectivity index (χ4v) is 2.17. The van der Waals surface area contributed by atoms with E-state index in [0.717, 1.165) is 30.8 Å². The summed E-state index contributed by atoms with van der Waals surface area (Å²) in [5.74, 6) is 1.37. The van der Waals surface area contributed by atoms with Gasteiger partial charge in [-0.2, -0.15) is 0 Å². The number of hydrogen-bond donors (Lipinski definition) is 1. The summed E-state index contributed by atoms with van der Waals surface area (Å²) in [5.41, 5.74) is 9.65. The molecule has 1 aromatic rings. The van der Waals surface area contributed by atoms with Crippen LogP contribution in [0.25, 0.3) is 0 Å². The Kier molecular flexibility index (Phi) is 2.74. The van der Waals surface area contributed by atoms with E-state index in [4.69, 9.17) is 5.73 Å². The molecule has 2 N–H and O–H groups in total. The molecule has 3 heteroatoms. The minimum atomic E-state index is 0.163. The molecule has 0 radical (unpaired) electrons. The zero-order valence-electron chi connectivity index (χ0n) is 9.75. The van der Waals surface area contributed by atoms with Gasteiger partial charge in [0.05, 0.1) is 0 Å². The van der Waals surface area contributed by atoms with Crippen LogP contribution in [-0.2, 0) is 12.8 Å². The molecule has 0 spiro atoms. The van der Waals surface area contributed by atoms with E-state index in [2.05, 4.69) is 30.7 Å². The van der Waals surface area contributed by atoms with E-state index in [0.29, 0.717) is 5.92 Å². The molecule has 0 saturated heterocycles. The third-order valence-electron chi connectivity index (χ3n) is 3.04. The maximum absolute atomic E-state index is 6.07. The highest BCUT2D eigenvalue weighted by Gasteiger charge is 2.25. The molecule has 0 saturated carbocycles. The topological polar surface area (TPSA) is 51.8 Å². The number of nitrogens with two attached hydrogens (primary N) is 1. The van der Waals surface area contributed by atoms with Crippen molar-refractivity contribution in [3.05, 3.63) is 22.8 Å². The number of fused-ring (bicyclic) bond motifs is 1. The quantitative estimate of drug-likeness (QED) is 0.804. The molecule has 2 rings (SSSR count). The van der Waals surface area contributed by atoms with Gasteiger partial charge < -0.3 is 5.73 Å². The van der Waals surface area contributed by atoms with Crippen molar-refractivity contribution in [2.45, 2.75) is 52.0 Å². The van der Waals surface area contributed by atoms with E-state index in [-0.39, 0.29) is 6.04 Å². The molecule has 1 heterocycles. The van der Waals surface area contributed by atoms with Crippen LogP contribution in [0, 0.1) is 0 Å². The Labute approximate surface area is 91.1 Å². The molecule has 1 aliphatic rings. The molecule has 0 aliphatic heterocycles. The Hall–Kier alpha value is -0.960. The van der Waals surface area contributed by atoms with Crippen LogP contribution in [0.3, 0.4) is 0 Å². The van der Waals surface area contributed by atoms with E-state index in [1.54, 1.807) is 0 Å². The van der Waals surface area contributed by atoms with Crippen LogP contribution >= 0.6 is 0 Å². The van der Waals surface area contributed by atoms with Crippen LogP contribution in [0.1, 0.15) is 61.9 Å². The highest BCUT2D eigenvalue weighted by molar-refractivity contribution is 5.34. The summed E-state index contributed by atoms with van der Waals surface area (Å²) < 4.78 is 0. The number of hydrogen-bond acceptors (Lipinski definition) is 3. The molecule has 1 aliphatic carbocycles. The van der Waals surface area contributed by atoms with Crippen molar-refractivity contribution in [2.75, 3.05) is 0 Å². The summed E-state index contributed by atoms with van der Waals surface area (Å²) in [4.78, 5) is 9.24. The molecule has 82 valence electrons. The third kappa shape index (κ3) is 1.76. The zero-order valence-corrected chi connectivity index (χ0v) is 9.75. The summed E-state index contributed by atoms with van der Waals surface area (Å²) in [6.45, 7) is 6.41. The van der Waals surface area contributed by atoms with E-state index < -0.39 is 0 Å². The number of aryl methyl sites for hydroxylation is 2. The van der Waals surface area contributed by atoms with Gasteiger partial charge in [0.25, 0.3) is 0 Å². The lowest BCUT2D eigenvalue weighted by Crippen LogP contribution is -2.12. The molecule has 0 fully saturated rings. The van der Waals surface area contributed by atoms with Gasteiger partial charge in [-0.05, 0) is 19.3 Å². The first kappa shape index (κ1) is 10.6. The maximum atomic E-state index is 6.07. The first-order chi connectivity index (χ1) is 7.13. The summed E-state index contributed by atoms with van der Waals surface area (Å²) in [6, 6.07) is 0.163. The average Bonchev–Trinajstić information content (AvgIpc) is 2.59. The van der Waals surface area contributed by atoms with Gasteiger partial charge in [0.15, 0.2) is 0 Å². The SMILES string of the molecule is CCc1nc(C(C)C)nc2c1C(N)CC2. The Morgan fingerprint density at radius 1 is 1.40 bits per heavy atom. The Morgan fingerprint density at radius 2 is 2.13 bits per heavy atom. The predicted octanol–water partition coefficient (Wildman–Crippen LogP) is 2.11. The van der Waals surface area contributed by atoms with Crippen molar-refractivity contribution < 1.29 is 0 Å². The monoisotopic (exact) mass is 205 g/mol. The fraction of sp³-hybridized carbons (Fsp3) is 0.667. The average molecular weight is 205 g/mol. The van der Waals surface area contributed by atoms with Crippen molar-refractivity contribution >= 4 is 0 Å². The predicted molar refractivity (Wildman–Crippen MR) is 60.7 cm³/mol. The molecule has 15 heavy (non-hydrogen) atoms. The van der Waals surface area contributed by atoms with Crippen LogP contribution in [-0.4, -0.2) is 9.97 Å². The number of nitrogens with zero attached hydrogens (tertiary/aromatic N) is 2. The molecule has 1 aromatic heterocycles. The first-order valence-corrected chi connectivity index (χ1v) is 5.78. The van der Waals surface area contributed by atoms with Gasteiger partial charge in [-0.25, -0.2) is 9.97 Å². The summed E-state index contributed by atoms with van der Waals surface area (Å²) in [5, 5.41) is 0.